The summed E-state index contributed by atoms with van der Waals surface area (Å²) in [5, 5.41) is 4.61. The van der Waals surface area contributed by atoms with Gasteiger partial charge in [0.25, 0.3) is 0 Å². The van der Waals surface area contributed by atoms with E-state index in [1.54, 1.807) is 4.57 Å². The lowest BCUT2D eigenvalue weighted by Gasteiger charge is -2.43. The number of rotatable bonds is 12. The Kier molecular flexibility index (Phi) is 9.78. The first-order valence-corrected chi connectivity index (χ1v) is 17.9. The molecule has 0 aromatic carbocycles. The van der Waals surface area contributed by atoms with E-state index in [0.29, 0.717) is 32.5 Å². The van der Waals surface area contributed by atoms with E-state index >= 15 is 0 Å². The van der Waals surface area contributed by atoms with Gasteiger partial charge in [-0.1, -0.05) is 53.8 Å². The molecular formula is C27H47N5O5Si. The second-order valence-electron chi connectivity index (χ2n) is 12.9. The summed E-state index contributed by atoms with van der Waals surface area (Å²) in [7, 11) is -1.22. The number of unbranched alkanes of at least 4 members (excludes halogenated alkanes) is 1. The van der Waals surface area contributed by atoms with Gasteiger partial charge < -0.3 is 4.74 Å². The van der Waals surface area contributed by atoms with Crippen LogP contribution in [0.15, 0.2) is 4.79 Å². The van der Waals surface area contributed by atoms with Gasteiger partial charge in [0.1, 0.15) is 19.0 Å². The number of carbonyl (C=O) groups is 3. The standard InChI is InChI=1S/C27H47N5O5Si/c1-8-9-14-29-22(33)17-23(34)32(26(29)36)21-10-12-27(4,13-11-21)18-30-24(20(2)3)28-31(25(30)35)19-37-15-16-38(5,6)7/h20-21H,8-19H2,1-7H3. The Morgan fingerprint density at radius 1 is 1.08 bits per heavy atom. The highest BCUT2D eigenvalue weighted by Gasteiger charge is 2.44. The van der Waals surface area contributed by atoms with Crippen LogP contribution in [-0.4, -0.2) is 69.3 Å². The number of carbonyl (C=O) groups excluding carboxylic acids is 3. The van der Waals surface area contributed by atoms with Crippen molar-refractivity contribution in [2.24, 2.45) is 5.41 Å². The van der Waals surface area contributed by atoms with E-state index in [4.69, 9.17) is 4.74 Å². The largest absolute Gasteiger partial charge is 0.359 e. The second kappa shape index (κ2) is 12.3. The quantitative estimate of drug-likeness (QED) is 0.217. The van der Waals surface area contributed by atoms with Crippen molar-refractivity contribution in [3.8, 4) is 0 Å². The van der Waals surface area contributed by atoms with E-state index in [9.17, 15) is 19.2 Å². The van der Waals surface area contributed by atoms with Gasteiger partial charge in [-0.25, -0.2) is 9.59 Å². The number of imide groups is 2. The maximum Gasteiger partial charge on any atom is 0.348 e. The molecule has 1 saturated heterocycles. The first kappa shape index (κ1) is 30.3. The van der Waals surface area contributed by atoms with Crippen molar-refractivity contribution in [1.82, 2.24) is 24.1 Å². The molecule has 1 saturated carbocycles. The highest BCUT2D eigenvalue weighted by Crippen LogP contribution is 2.40. The number of nitrogens with zero attached hydrogens (tertiary/aromatic N) is 5. The molecule has 2 aliphatic rings. The topological polar surface area (TPSA) is 107 Å². The first-order valence-electron chi connectivity index (χ1n) is 14.2. The minimum absolute atomic E-state index is 0.0844. The average Bonchev–Trinajstić information content (AvgIpc) is 3.12. The summed E-state index contributed by atoms with van der Waals surface area (Å²) >= 11 is 0. The zero-order valence-electron chi connectivity index (χ0n) is 24.4. The van der Waals surface area contributed by atoms with E-state index < -0.39 is 25.9 Å². The van der Waals surface area contributed by atoms with Crippen molar-refractivity contribution in [2.75, 3.05) is 13.2 Å². The van der Waals surface area contributed by atoms with Crippen molar-refractivity contribution < 1.29 is 19.1 Å². The Bertz CT molecular complexity index is 1060. The lowest BCUT2D eigenvalue weighted by molar-refractivity contribution is -0.144. The predicted octanol–water partition coefficient (Wildman–Crippen LogP) is 4.41. The van der Waals surface area contributed by atoms with Gasteiger partial charge in [0.2, 0.25) is 11.8 Å². The Balaban J connectivity index is 1.68. The summed E-state index contributed by atoms with van der Waals surface area (Å²) in [6.45, 7) is 16.8. The van der Waals surface area contributed by atoms with Crippen LogP contribution in [0.25, 0.3) is 0 Å². The number of ether oxygens (including phenoxy) is 1. The first-order chi connectivity index (χ1) is 17.8. The third kappa shape index (κ3) is 7.22. The van der Waals surface area contributed by atoms with Crippen LogP contribution in [0.2, 0.25) is 25.7 Å². The average molecular weight is 550 g/mol. The number of hydrogen-bond donors (Lipinski definition) is 0. The van der Waals surface area contributed by atoms with E-state index in [1.165, 1.54) is 14.5 Å². The molecule has 1 aliphatic heterocycles. The van der Waals surface area contributed by atoms with Crippen molar-refractivity contribution in [2.45, 2.75) is 124 Å². The van der Waals surface area contributed by atoms with Gasteiger partial charge >= 0.3 is 11.7 Å². The summed E-state index contributed by atoms with van der Waals surface area (Å²) < 4.78 is 9.03. The lowest BCUT2D eigenvalue weighted by Crippen LogP contribution is -2.59. The maximum absolute atomic E-state index is 13.3. The molecule has 0 N–H and O–H groups in total. The van der Waals surface area contributed by atoms with Crippen LogP contribution in [0.4, 0.5) is 4.79 Å². The van der Waals surface area contributed by atoms with Gasteiger partial charge in [-0.2, -0.15) is 9.78 Å². The summed E-state index contributed by atoms with van der Waals surface area (Å²) in [4.78, 5) is 54.0. The molecule has 1 aromatic heterocycles. The Hall–Kier alpha value is -2.27. The maximum atomic E-state index is 13.3. The minimum Gasteiger partial charge on any atom is -0.359 e. The summed E-state index contributed by atoms with van der Waals surface area (Å²) in [5.41, 5.74) is -0.327. The van der Waals surface area contributed by atoms with Crippen molar-refractivity contribution in [3.63, 3.8) is 0 Å². The molecule has 0 atom stereocenters. The van der Waals surface area contributed by atoms with Gasteiger partial charge in [-0.3, -0.25) is 24.0 Å². The molecule has 10 nitrogen and oxygen atoms in total. The van der Waals surface area contributed by atoms with Crippen LogP contribution >= 0.6 is 0 Å². The molecule has 4 amide bonds. The van der Waals surface area contributed by atoms with Crippen LogP contribution in [0.5, 0.6) is 0 Å². The van der Waals surface area contributed by atoms with Crippen LogP contribution in [0.3, 0.4) is 0 Å². The fourth-order valence-corrected chi connectivity index (χ4v) is 6.05. The van der Waals surface area contributed by atoms with Gasteiger partial charge in [0, 0.05) is 39.7 Å². The van der Waals surface area contributed by atoms with E-state index in [2.05, 4.69) is 31.7 Å². The number of amides is 4. The summed E-state index contributed by atoms with van der Waals surface area (Å²) in [6, 6.07) is 0.344. The molecule has 214 valence electrons. The SMILES string of the molecule is CCCCN1C(=O)CC(=O)N(C2CCC(C)(Cn3c(C(C)C)nn(COCC[Si](C)(C)C)c3=O)CC2)C1=O. The molecule has 0 bridgehead atoms. The van der Waals surface area contributed by atoms with Crippen molar-refractivity contribution in [3.05, 3.63) is 16.3 Å². The molecule has 2 heterocycles. The van der Waals surface area contributed by atoms with E-state index in [0.717, 1.165) is 37.6 Å². The predicted molar refractivity (Wildman–Crippen MR) is 149 cm³/mol. The number of barbiturate groups is 1. The molecule has 0 unspecified atom stereocenters. The molecule has 11 heteroatoms. The monoisotopic (exact) mass is 549 g/mol. The second-order valence-corrected chi connectivity index (χ2v) is 18.5. The molecular weight excluding hydrogens is 502 g/mol. The zero-order chi connectivity index (χ0) is 28.3. The third-order valence-corrected chi connectivity index (χ3v) is 9.49. The third-order valence-electron chi connectivity index (χ3n) is 7.79. The zero-order valence-corrected chi connectivity index (χ0v) is 25.4. The van der Waals surface area contributed by atoms with Gasteiger partial charge in [-0.15, -0.1) is 0 Å². The fourth-order valence-electron chi connectivity index (χ4n) is 5.29. The van der Waals surface area contributed by atoms with Crippen LogP contribution in [-0.2, 0) is 27.6 Å². The lowest BCUT2D eigenvalue weighted by atomic mass is 9.73. The van der Waals surface area contributed by atoms with Crippen molar-refractivity contribution >= 4 is 25.9 Å². The normalized spacial score (nSPS) is 23.2. The molecule has 2 fully saturated rings. The molecule has 1 aromatic rings. The van der Waals surface area contributed by atoms with E-state index in [-0.39, 0.29) is 36.2 Å². The smallest absolute Gasteiger partial charge is 0.348 e. The van der Waals surface area contributed by atoms with Gasteiger partial charge in [0.15, 0.2) is 0 Å². The van der Waals surface area contributed by atoms with Crippen LogP contribution in [0.1, 0.15) is 84.4 Å². The summed E-state index contributed by atoms with van der Waals surface area (Å²) in [5.74, 6) is 0.0437. The highest BCUT2D eigenvalue weighted by atomic mass is 28.3. The Morgan fingerprint density at radius 2 is 1.74 bits per heavy atom. The Labute approximate surface area is 227 Å². The highest BCUT2D eigenvalue weighted by molar-refractivity contribution is 6.76. The molecule has 38 heavy (non-hydrogen) atoms. The van der Waals surface area contributed by atoms with Gasteiger partial charge in [-0.05, 0) is 43.6 Å². The van der Waals surface area contributed by atoms with Crippen LogP contribution < -0.4 is 5.69 Å². The fraction of sp³-hybridized carbons (Fsp3) is 0.815. The molecule has 3 rings (SSSR count). The molecule has 0 spiro atoms. The number of urea groups is 1. The number of aromatic nitrogens is 3. The van der Waals surface area contributed by atoms with E-state index in [1.807, 2.05) is 20.8 Å². The van der Waals surface area contributed by atoms with Gasteiger partial charge in [0.05, 0.1) is 0 Å². The van der Waals surface area contributed by atoms with Crippen molar-refractivity contribution in [1.29, 1.82) is 0 Å². The van der Waals surface area contributed by atoms with Crippen LogP contribution in [0, 0.1) is 5.41 Å². The minimum atomic E-state index is -1.22. The number of hydrogen-bond acceptors (Lipinski definition) is 6. The Morgan fingerprint density at radius 3 is 2.32 bits per heavy atom. The molecule has 0 radical (unpaired) electrons. The molecule has 1 aliphatic carbocycles. The summed E-state index contributed by atoms with van der Waals surface area (Å²) in [6.07, 6.45) is 4.19.